The Morgan fingerprint density at radius 1 is 1.55 bits per heavy atom. The third kappa shape index (κ3) is 2.43. The molecule has 3 heteroatoms. The van der Waals surface area contributed by atoms with Gasteiger partial charge in [0.05, 0.1) is 6.61 Å². The Morgan fingerprint density at radius 2 is 2.27 bits per heavy atom. The molecule has 3 nitrogen and oxygen atoms in total. The van der Waals surface area contributed by atoms with E-state index in [4.69, 9.17) is 4.74 Å². The van der Waals surface area contributed by atoms with Gasteiger partial charge in [-0.15, -0.1) is 0 Å². The highest BCUT2D eigenvalue weighted by atomic mass is 16.5. The molecule has 1 heterocycles. The van der Waals surface area contributed by atoms with Crippen molar-refractivity contribution in [2.45, 2.75) is 13.0 Å². The predicted molar refractivity (Wildman–Crippen MR) is 45.8 cm³/mol. The summed E-state index contributed by atoms with van der Waals surface area (Å²) < 4.78 is 5.03. The Labute approximate surface area is 68.7 Å². The lowest BCUT2D eigenvalue weighted by Crippen LogP contribution is -2.57. The fourth-order valence-electron chi connectivity index (χ4n) is 1.34. The van der Waals surface area contributed by atoms with Gasteiger partial charge in [-0.05, 0) is 6.54 Å². The SMILES string of the molecule is CCN(CCOC)C1CNC1. The van der Waals surface area contributed by atoms with Crippen LogP contribution >= 0.6 is 0 Å². The van der Waals surface area contributed by atoms with E-state index >= 15 is 0 Å². The molecule has 0 aliphatic carbocycles. The first-order valence-electron chi connectivity index (χ1n) is 4.32. The molecule has 1 aliphatic rings. The zero-order valence-corrected chi connectivity index (χ0v) is 7.47. The van der Waals surface area contributed by atoms with Crippen molar-refractivity contribution in [3.63, 3.8) is 0 Å². The normalized spacial score (nSPS) is 18.8. The minimum atomic E-state index is 0.759. The van der Waals surface area contributed by atoms with Crippen LogP contribution in [0.5, 0.6) is 0 Å². The van der Waals surface area contributed by atoms with Crippen LogP contribution in [0.15, 0.2) is 0 Å². The predicted octanol–water partition coefficient (Wildman–Crippen LogP) is -0.0735. The topological polar surface area (TPSA) is 24.5 Å². The fourth-order valence-corrected chi connectivity index (χ4v) is 1.34. The molecule has 0 aromatic carbocycles. The Balaban J connectivity index is 2.13. The Kier molecular flexibility index (Phi) is 3.83. The smallest absolute Gasteiger partial charge is 0.0589 e. The lowest BCUT2D eigenvalue weighted by atomic mass is 10.1. The number of nitrogens with zero attached hydrogens (tertiary/aromatic N) is 1. The molecule has 0 bridgehead atoms. The summed E-state index contributed by atoms with van der Waals surface area (Å²) in [6.07, 6.45) is 0. The Hall–Kier alpha value is -0.120. The quantitative estimate of drug-likeness (QED) is 0.606. The van der Waals surface area contributed by atoms with E-state index in [0.717, 1.165) is 38.8 Å². The number of likely N-dealkylation sites (N-methyl/N-ethyl adjacent to an activating group) is 1. The van der Waals surface area contributed by atoms with Crippen molar-refractivity contribution < 1.29 is 4.74 Å². The molecule has 1 saturated heterocycles. The molecule has 1 N–H and O–H groups in total. The second-order valence-electron chi connectivity index (χ2n) is 2.93. The van der Waals surface area contributed by atoms with Gasteiger partial charge in [-0.2, -0.15) is 0 Å². The number of hydrogen-bond acceptors (Lipinski definition) is 3. The molecule has 0 unspecified atom stereocenters. The van der Waals surface area contributed by atoms with E-state index in [2.05, 4.69) is 17.1 Å². The highest BCUT2D eigenvalue weighted by molar-refractivity contribution is 4.83. The second kappa shape index (κ2) is 4.70. The van der Waals surface area contributed by atoms with Crippen LogP contribution in [0, 0.1) is 0 Å². The Morgan fingerprint density at radius 3 is 2.64 bits per heavy atom. The van der Waals surface area contributed by atoms with E-state index in [1.54, 1.807) is 7.11 Å². The maximum atomic E-state index is 5.03. The van der Waals surface area contributed by atoms with Crippen molar-refractivity contribution in [3.8, 4) is 0 Å². The molecule has 1 rings (SSSR count). The van der Waals surface area contributed by atoms with Gasteiger partial charge < -0.3 is 10.1 Å². The van der Waals surface area contributed by atoms with Crippen LogP contribution in [0.1, 0.15) is 6.92 Å². The molecular weight excluding hydrogens is 140 g/mol. The van der Waals surface area contributed by atoms with Crippen molar-refractivity contribution >= 4 is 0 Å². The maximum absolute atomic E-state index is 5.03. The molecule has 0 atom stereocenters. The van der Waals surface area contributed by atoms with Gasteiger partial charge >= 0.3 is 0 Å². The van der Waals surface area contributed by atoms with E-state index < -0.39 is 0 Å². The van der Waals surface area contributed by atoms with E-state index in [9.17, 15) is 0 Å². The average Bonchev–Trinajstić information content (AvgIpc) is 1.93. The average molecular weight is 158 g/mol. The number of hydrogen-bond donors (Lipinski definition) is 1. The maximum Gasteiger partial charge on any atom is 0.0589 e. The lowest BCUT2D eigenvalue weighted by molar-refractivity contribution is 0.101. The third-order valence-corrected chi connectivity index (χ3v) is 2.27. The van der Waals surface area contributed by atoms with E-state index in [-0.39, 0.29) is 0 Å². The molecule has 0 radical (unpaired) electrons. The highest BCUT2D eigenvalue weighted by Crippen LogP contribution is 2.03. The third-order valence-electron chi connectivity index (χ3n) is 2.27. The molecular formula is C8H18N2O. The van der Waals surface area contributed by atoms with Crippen LogP contribution in [-0.2, 0) is 4.74 Å². The van der Waals surface area contributed by atoms with Crippen LogP contribution in [0.3, 0.4) is 0 Å². The van der Waals surface area contributed by atoms with E-state index in [1.165, 1.54) is 0 Å². The van der Waals surface area contributed by atoms with Gasteiger partial charge in [-0.25, -0.2) is 0 Å². The largest absolute Gasteiger partial charge is 0.383 e. The van der Waals surface area contributed by atoms with Crippen LogP contribution in [-0.4, -0.2) is 50.8 Å². The number of rotatable bonds is 5. The molecule has 0 aromatic rings. The molecule has 0 aromatic heterocycles. The minimum absolute atomic E-state index is 0.759. The zero-order chi connectivity index (χ0) is 8.10. The van der Waals surface area contributed by atoms with Crippen LogP contribution < -0.4 is 5.32 Å². The van der Waals surface area contributed by atoms with Crippen LogP contribution in [0.2, 0.25) is 0 Å². The summed E-state index contributed by atoms with van der Waals surface area (Å²) >= 11 is 0. The standard InChI is InChI=1S/C8H18N2O/c1-3-10(4-5-11-2)8-6-9-7-8/h8-9H,3-7H2,1-2H3. The monoisotopic (exact) mass is 158 g/mol. The molecule has 1 fully saturated rings. The van der Waals surface area contributed by atoms with Gasteiger partial charge in [-0.1, -0.05) is 6.92 Å². The first-order chi connectivity index (χ1) is 5.38. The van der Waals surface area contributed by atoms with Gasteiger partial charge in [-0.3, -0.25) is 4.90 Å². The Bertz CT molecular complexity index is 104. The second-order valence-corrected chi connectivity index (χ2v) is 2.93. The number of nitrogens with one attached hydrogen (secondary N) is 1. The molecule has 66 valence electrons. The first kappa shape index (κ1) is 8.97. The van der Waals surface area contributed by atoms with Gasteiger partial charge in [0.1, 0.15) is 0 Å². The molecule has 11 heavy (non-hydrogen) atoms. The zero-order valence-electron chi connectivity index (χ0n) is 7.47. The van der Waals surface area contributed by atoms with Gasteiger partial charge in [0.25, 0.3) is 0 Å². The fraction of sp³-hybridized carbons (Fsp3) is 1.00. The highest BCUT2D eigenvalue weighted by Gasteiger charge is 2.22. The number of ether oxygens (including phenoxy) is 1. The number of methoxy groups -OCH3 is 1. The van der Waals surface area contributed by atoms with Crippen molar-refractivity contribution in [2.75, 3.05) is 39.9 Å². The summed E-state index contributed by atoms with van der Waals surface area (Å²) in [5, 5.41) is 3.27. The van der Waals surface area contributed by atoms with Crippen LogP contribution in [0.4, 0.5) is 0 Å². The van der Waals surface area contributed by atoms with Crippen molar-refractivity contribution in [3.05, 3.63) is 0 Å². The summed E-state index contributed by atoms with van der Waals surface area (Å²) in [5.41, 5.74) is 0. The summed E-state index contributed by atoms with van der Waals surface area (Å²) in [4.78, 5) is 2.46. The summed E-state index contributed by atoms with van der Waals surface area (Å²) in [6.45, 7) is 7.56. The summed E-state index contributed by atoms with van der Waals surface area (Å²) in [7, 11) is 1.76. The first-order valence-corrected chi connectivity index (χ1v) is 4.32. The van der Waals surface area contributed by atoms with Crippen molar-refractivity contribution in [1.29, 1.82) is 0 Å². The summed E-state index contributed by atoms with van der Waals surface area (Å²) in [6, 6.07) is 0.759. The molecule has 0 amide bonds. The van der Waals surface area contributed by atoms with Crippen molar-refractivity contribution in [1.82, 2.24) is 10.2 Å². The molecule has 0 saturated carbocycles. The molecule has 1 aliphatic heterocycles. The minimum Gasteiger partial charge on any atom is -0.383 e. The van der Waals surface area contributed by atoms with Crippen molar-refractivity contribution in [2.24, 2.45) is 0 Å². The lowest BCUT2D eigenvalue weighted by Gasteiger charge is -2.37. The van der Waals surface area contributed by atoms with E-state index in [1.807, 2.05) is 0 Å². The summed E-state index contributed by atoms with van der Waals surface area (Å²) in [5.74, 6) is 0. The van der Waals surface area contributed by atoms with E-state index in [0.29, 0.717) is 0 Å². The molecule has 0 spiro atoms. The van der Waals surface area contributed by atoms with Gasteiger partial charge in [0.2, 0.25) is 0 Å². The van der Waals surface area contributed by atoms with Gasteiger partial charge in [0, 0.05) is 32.8 Å². The van der Waals surface area contributed by atoms with Gasteiger partial charge in [0.15, 0.2) is 0 Å². The van der Waals surface area contributed by atoms with Crippen LogP contribution in [0.25, 0.3) is 0 Å².